The minimum atomic E-state index is -0.566. The van der Waals surface area contributed by atoms with Gasteiger partial charge in [-0.15, -0.1) is 0 Å². The van der Waals surface area contributed by atoms with Crippen molar-refractivity contribution in [2.75, 3.05) is 72.1 Å². The molecule has 12 heteroatoms. The summed E-state index contributed by atoms with van der Waals surface area (Å²) >= 11 is 0. The summed E-state index contributed by atoms with van der Waals surface area (Å²) in [6.07, 6.45) is 5.66. The van der Waals surface area contributed by atoms with Gasteiger partial charge in [0.15, 0.2) is 5.82 Å². The molecule has 3 atom stereocenters. The van der Waals surface area contributed by atoms with Gasteiger partial charge in [-0.05, 0) is 36.7 Å². The highest BCUT2D eigenvalue weighted by Crippen LogP contribution is 2.36. The fraction of sp³-hybridized carbons (Fsp3) is 0.417. The van der Waals surface area contributed by atoms with Crippen molar-refractivity contribution in [1.29, 1.82) is 0 Å². The molecule has 2 fully saturated rings. The summed E-state index contributed by atoms with van der Waals surface area (Å²) in [6, 6.07) is 11.5. The van der Waals surface area contributed by atoms with E-state index >= 15 is 4.39 Å². The van der Waals surface area contributed by atoms with Crippen LogP contribution >= 0.6 is 0 Å². The van der Waals surface area contributed by atoms with E-state index in [9.17, 15) is 4.79 Å². The second-order valence-electron chi connectivity index (χ2n) is 12.3. The van der Waals surface area contributed by atoms with E-state index in [-0.39, 0.29) is 41.8 Å². The Morgan fingerprint density at radius 1 is 1.12 bits per heavy atom. The van der Waals surface area contributed by atoms with Gasteiger partial charge in [0, 0.05) is 64.3 Å². The predicted octanol–water partition coefficient (Wildman–Crippen LogP) is 4.53. The van der Waals surface area contributed by atoms with E-state index in [4.69, 9.17) is 25.8 Å². The first-order chi connectivity index (χ1) is 23.3. The highest BCUT2D eigenvalue weighted by atomic mass is 19.1. The highest BCUT2D eigenvalue weighted by molar-refractivity contribution is 6.00. The molecule has 4 heterocycles. The van der Waals surface area contributed by atoms with Crippen LogP contribution in [-0.4, -0.2) is 116 Å². The first-order valence-corrected chi connectivity index (χ1v) is 16.1. The molecule has 0 aliphatic carbocycles. The van der Waals surface area contributed by atoms with Crippen LogP contribution in [0.3, 0.4) is 0 Å². The Morgan fingerprint density at radius 3 is 2.69 bits per heavy atom. The van der Waals surface area contributed by atoms with Crippen LogP contribution in [0.15, 0.2) is 54.7 Å². The number of hydrogen-bond acceptors (Lipinski definition) is 9. The molecule has 0 spiro atoms. The van der Waals surface area contributed by atoms with E-state index < -0.39 is 11.9 Å². The Labute approximate surface area is 279 Å². The molecule has 2 aliphatic rings. The fourth-order valence-electron chi connectivity index (χ4n) is 6.75. The lowest BCUT2D eigenvalue weighted by molar-refractivity contribution is -0.128. The Balaban J connectivity index is 1.40. The second-order valence-corrected chi connectivity index (χ2v) is 12.3. The highest BCUT2D eigenvalue weighted by Gasteiger charge is 2.34. The smallest absolute Gasteiger partial charge is 0.319 e. The van der Waals surface area contributed by atoms with Crippen molar-refractivity contribution in [3.63, 3.8) is 0 Å². The van der Waals surface area contributed by atoms with Gasteiger partial charge in [-0.2, -0.15) is 9.97 Å². The third kappa shape index (κ3) is 6.67. The monoisotopic (exact) mass is 653 g/mol. The van der Waals surface area contributed by atoms with E-state index in [1.165, 1.54) is 6.08 Å². The number of rotatable bonds is 10. The fourth-order valence-corrected chi connectivity index (χ4v) is 6.75. The SMILES string of the molecule is [C-]#[N+]C[C@H]1CN(c2nc(OC[C@@H]3C[C@@H](OC)CN3C)nc3c(F)c(-c4cccc5cccc(C)c45)ncc23)CCN1C(=O)/C=C/COC. The van der Waals surface area contributed by atoms with Crippen LogP contribution in [0, 0.1) is 19.3 Å². The summed E-state index contributed by atoms with van der Waals surface area (Å²) in [5, 5.41) is 2.35. The number of halogens is 1. The number of ether oxygens (including phenoxy) is 3. The van der Waals surface area contributed by atoms with E-state index in [1.807, 2.05) is 55.3 Å². The number of carbonyl (C=O) groups excluding carboxylic acids is 1. The average molecular weight is 654 g/mol. The molecular formula is C36H40FN7O4. The standard InChI is InChI=1S/C36H40FN7O4/c1-23-9-6-10-24-11-7-12-28(31(23)24)33-32(37)34-29(19-39-33)35(41-36(40-34)48-22-25-17-27(47-5)21-42(25)3)43-14-15-44(26(20-43)18-38-2)30(45)13-8-16-46-4/h6-13,19,25-27H,14-18,20-22H2,1,3-5H3/b13-8+/t25-,26-,27+/m0/s1. The quantitative estimate of drug-likeness (QED) is 0.181. The minimum Gasteiger partial charge on any atom is -0.462 e. The van der Waals surface area contributed by atoms with Crippen LogP contribution in [0.2, 0.25) is 0 Å². The van der Waals surface area contributed by atoms with Gasteiger partial charge in [-0.3, -0.25) is 14.7 Å². The molecule has 2 aliphatic heterocycles. The van der Waals surface area contributed by atoms with Crippen LogP contribution in [-0.2, 0) is 14.3 Å². The Morgan fingerprint density at radius 2 is 1.94 bits per heavy atom. The van der Waals surface area contributed by atoms with Gasteiger partial charge < -0.3 is 28.9 Å². The van der Waals surface area contributed by atoms with Crippen molar-refractivity contribution in [3.8, 4) is 17.3 Å². The van der Waals surface area contributed by atoms with E-state index in [2.05, 4.69) is 19.7 Å². The molecule has 11 nitrogen and oxygen atoms in total. The summed E-state index contributed by atoms with van der Waals surface area (Å²) < 4.78 is 33.6. The van der Waals surface area contributed by atoms with Crippen LogP contribution in [0.5, 0.6) is 6.01 Å². The Kier molecular flexibility index (Phi) is 10.1. The average Bonchev–Trinajstić information content (AvgIpc) is 3.46. The van der Waals surface area contributed by atoms with Gasteiger partial charge in [-0.1, -0.05) is 42.5 Å². The van der Waals surface area contributed by atoms with Crippen molar-refractivity contribution in [2.24, 2.45) is 0 Å². The van der Waals surface area contributed by atoms with Crippen LogP contribution in [0.4, 0.5) is 10.2 Å². The summed E-state index contributed by atoms with van der Waals surface area (Å²) in [6.45, 7) is 12.2. The number of pyridine rings is 1. The van der Waals surface area contributed by atoms with Gasteiger partial charge in [0.2, 0.25) is 12.5 Å². The maximum atomic E-state index is 16.8. The number of likely N-dealkylation sites (N-methyl/N-ethyl adjacent to an activating group) is 1. The third-order valence-electron chi connectivity index (χ3n) is 9.29. The van der Waals surface area contributed by atoms with Crippen molar-refractivity contribution in [3.05, 3.63) is 77.5 Å². The lowest BCUT2D eigenvalue weighted by Crippen LogP contribution is -2.56. The van der Waals surface area contributed by atoms with E-state index in [1.54, 1.807) is 31.4 Å². The number of methoxy groups -OCH3 is 2. The number of piperazine rings is 1. The van der Waals surface area contributed by atoms with Gasteiger partial charge in [0.1, 0.15) is 29.7 Å². The first-order valence-electron chi connectivity index (χ1n) is 16.1. The number of carbonyl (C=O) groups is 1. The molecule has 0 saturated carbocycles. The lowest BCUT2D eigenvalue weighted by Gasteiger charge is -2.39. The van der Waals surface area contributed by atoms with Gasteiger partial charge in [-0.25, -0.2) is 11.0 Å². The summed E-state index contributed by atoms with van der Waals surface area (Å²) in [7, 11) is 5.29. The van der Waals surface area contributed by atoms with E-state index in [0.29, 0.717) is 49.6 Å². The molecule has 2 aromatic heterocycles. The summed E-state index contributed by atoms with van der Waals surface area (Å²) in [4.78, 5) is 36.6. The summed E-state index contributed by atoms with van der Waals surface area (Å²) in [5.41, 5.74) is 1.99. The number of benzene rings is 2. The number of fused-ring (bicyclic) bond motifs is 2. The Bertz CT molecular complexity index is 1870. The Hall–Kier alpha value is -4.70. The number of nitrogens with zero attached hydrogens (tertiary/aromatic N) is 7. The molecule has 0 bridgehead atoms. The zero-order chi connectivity index (χ0) is 33.8. The minimum absolute atomic E-state index is 0.0552. The van der Waals surface area contributed by atoms with Gasteiger partial charge in [0.05, 0.1) is 18.1 Å². The number of aryl methyl sites for hydroxylation is 1. The maximum Gasteiger partial charge on any atom is 0.319 e. The molecule has 2 aromatic carbocycles. The van der Waals surface area contributed by atoms with Crippen molar-refractivity contribution in [1.82, 2.24) is 24.8 Å². The zero-order valence-electron chi connectivity index (χ0n) is 27.7. The lowest BCUT2D eigenvalue weighted by atomic mass is 9.97. The van der Waals surface area contributed by atoms with E-state index in [0.717, 1.165) is 29.3 Å². The second kappa shape index (κ2) is 14.6. The molecular weight excluding hydrogens is 613 g/mol. The number of aromatic nitrogens is 3. The van der Waals surface area contributed by atoms with Crippen LogP contribution in [0.1, 0.15) is 12.0 Å². The molecule has 1 amide bonds. The molecule has 48 heavy (non-hydrogen) atoms. The van der Waals surface area contributed by atoms with Crippen molar-refractivity contribution < 1.29 is 23.4 Å². The number of amides is 1. The molecule has 0 radical (unpaired) electrons. The third-order valence-corrected chi connectivity index (χ3v) is 9.29. The first kappa shape index (κ1) is 33.2. The largest absolute Gasteiger partial charge is 0.462 e. The molecule has 6 rings (SSSR count). The van der Waals surface area contributed by atoms with Gasteiger partial charge in [0.25, 0.3) is 0 Å². The summed E-state index contributed by atoms with van der Waals surface area (Å²) in [5.74, 6) is -0.299. The van der Waals surface area contributed by atoms with Gasteiger partial charge >= 0.3 is 6.01 Å². The van der Waals surface area contributed by atoms with Crippen molar-refractivity contribution in [2.45, 2.75) is 31.5 Å². The molecule has 4 aromatic rings. The van der Waals surface area contributed by atoms with Crippen LogP contribution < -0.4 is 9.64 Å². The normalized spacial score (nSPS) is 20.2. The van der Waals surface area contributed by atoms with Crippen molar-refractivity contribution >= 4 is 33.4 Å². The number of anilines is 1. The molecule has 250 valence electrons. The molecule has 0 unspecified atom stereocenters. The van der Waals surface area contributed by atoms with Crippen LogP contribution in [0.25, 0.3) is 37.8 Å². The number of likely N-dealkylation sites (tertiary alicyclic amines) is 1. The number of hydrogen-bond donors (Lipinski definition) is 0. The maximum absolute atomic E-state index is 16.8. The molecule has 2 saturated heterocycles. The zero-order valence-corrected chi connectivity index (χ0v) is 27.7. The predicted molar refractivity (Wildman–Crippen MR) is 182 cm³/mol. The topological polar surface area (TPSA) is 97.5 Å². The molecule has 0 N–H and O–H groups in total.